The molecule has 1 rings (SSSR count). The first kappa shape index (κ1) is 12.8. The molecule has 0 bridgehead atoms. The molecule has 0 saturated carbocycles. The molecule has 3 N–H and O–H groups in total. The van der Waals surface area contributed by atoms with Crippen LogP contribution in [0.15, 0.2) is 42.5 Å². The van der Waals surface area contributed by atoms with Crippen LogP contribution in [-0.2, 0) is 4.79 Å². The molecule has 17 heavy (non-hydrogen) atoms. The lowest BCUT2D eigenvalue weighted by Gasteiger charge is -2.07. The fraction of sp³-hybridized carbons (Fsp3) is 0.154. The molecule has 0 aromatic heterocycles. The van der Waals surface area contributed by atoms with Gasteiger partial charge in [-0.2, -0.15) is 0 Å². The van der Waals surface area contributed by atoms with Gasteiger partial charge < -0.3 is 15.8 Å². The van der Waals surface area contributed by atoms with Gasteiger partial charge in [-0.15, -0.1) is 0 Å². The molecular formula is C13H16N2O2. The average Bonchev–Trinajstić information content (AvgIpc) is 2.29. The van der Waals surface area contributed by atoms with Crippen LogP contribution in [0.5, 0.6) is 5.75 Å². The lowest BCUT2D eigenvalue weighted by atomic mass is 10.2. The normalized spacial score (nSPS) is 10.9. The van der Waals surface area contributed by atoms with Gasteiger partial charge in [-0.3, -0.25) is 4.79 Å². The first-order valence-electron chi connectivity index (χ1n) is 5.21. The molecule has 0 aliphatic rings. The van der Waals surface area contributed by atoms with Crippen molar-refractivity contribution in [2.75, 3.05) is 18.2 Å². The van der Waals surface area contributed by atoms with Crippen LogP contribution in [0.2, 0.25) is 0 Å². The largest absolute Gasteiger partial charge is 0.495 e. The Labute approximate surface area is 101 Å². The van der Waals surface area contributed by atoms with Crippen LogP contribution in [0.4, 0.5) is 11.4 Å². The Morgan fingerprint density at radius 2 is 2.18 bits per heavy atom. The van der Waals surface area contributed by atoms with Gasteiger partial charge in [0.05, 0.1) is 12.8 Å². The molecule has 1 amide bonds. The van der Waals surface area contributed by atoms with Crippen LogP contribution in [0.25, 0.3) is 0 Å². The quantitative estimate of drug-likeness (QED) is 0.476. The van der Waals surface area contributed by atoms with Crippen molar-refractivity contribution >= 4 is 17.3 Å². The maximum Gasteiger partial charge on any atom is 0.248 e. The van der Waals surface area contributed by atoms with Gasteiger partial charge in [0.1, 0.15) is 5.75 Å². The van der Waals surface area contributed by atoms with E-state index in [1.54, 1.807) is 37.5 Å². The summed E-state index contributed by atoms with van der Waals surface area (Å²) in [5.41, 5.74) is 6.85. The Morgan fingerprint density at radius 1 is 1.41 bits per heavy atom. The van der Waals surface area contributed by atoms with E-state index in [9.17, 15) is 4.79 Å². The molecule has 0 aliphatic carbocycles. The summed E-state index contributed by atoms with van der Waals surface area (Å²) in [6.07, 6.45) is 6.74. The Bertz CT molecular complexity index is 451. The number of hydrogen-bond donors (Lipinski definition) is 2. The molecule has 0 atom stereocenters. The smallest absolute Gasteiger partial charge is 0.248 e. The van der Waals surface area contributed by atoms with Crippen LogP contribution >= 0.6 is 0 Å². The topological polar surface area (TPSA) is 64.3 Å². The van der Waals surface area contributed by atoms with E-state index in [1.807, 2.05) is 13.0 Å². The third-order valence-electron chi connectivity index (χ3n) is 2.05. The van der Waals surface area contributed by atoms with E-state index in [4.69, 9.17) is 10.5 Å². The Hall–Kier alpha value is -2.23. The summed E-state index contributed by atoms with van der Waals surface area (Å²) >= 11 is 0. The zero-order valence-corrected chi connectivity index (χ0v) is 9.94. The van der Waals surface area contributed by atoms with Crippen LogP contribution in [0.3, 0.4) is 0 Å². The molecule has 1 aromatic carbocycles. The number of nitrogens with two attached hydrogens (primary N) is 1. The lowest BCUT2D eigenvalue weighted by Crippen LogP contribution is -2.08. The highest BCUT2D eigenvalue weighted by atomic mass is 16.5. The second kappa shape index (κ2) is 6.37. The molecule has 0 radical (unpaired) electrons. The third kappa shape index (κ3) is 4.03. The highest BCUT2D eigenvalue weighted by Crippen LogP contribution is 2.24. The second-order valence-electron chi connectivity index (χ2n) is 3.33. The van der Waals surface area contributed by atoms with E-state index in [0.717, 1.165) is 0 Å². The summed E-state index contributed by atoms with van der Waals surface area (Å²) in [5.74, 6) is 0.389. The molecule has 0 aliphatic heterocycles. The zero-order valence-electron chi connectivity index (χ0n) is 9.94. The van der Waals surface area contributed by atoms with E-state index in [0.29, 0.717) is 17.1 Å². The van der Waals surface area contributed by atoms with Gasteiger partial charge in [0.25, 0.3) is 0 Å². The van der Waals surface area contributed by atoms with Gasteiger partial charge >= 0.3 is 0 Å². The first-order chi connectivity index (χ1) is 8.17. The number of ether oxygens (including phenoxy) is 1. The molecule has 0 unspecified atom stereocenters. The first-order valence-corrected chi connectivity index (χ1v) is 5.21. The third-order valence-corrected chi connectivity index (χ3v) is 2.05. The molecule has 4 heteroatoms. The number of methoxy groups -OCH3 is 1. The molecule has 0 heterocycles. The summed E-state index contributed by atoms with van der Waals surface area (Å²) in [5, 5.41) is 2.70. The summed E-state index contributed by atoms with van der Waals surface area (Å²) in [6, 6.07) is 5.09. The van der Waals surface area contributed by atoms with Crippen molar-refractivity contribution in [2.24, 2.45) is 0 Å². The maximum atomic E-state index is 11.4. The van der Waals surface area contributed by atoms with Crippen molar-refractivity contribution in [1.29, 1.82) is 0 Å². The van der Waals surface area contributed by atoms with Crippen LogP contribution in [0.1, 0.15) is 6.92 Å². The van der Waals surface area contributed by atoms with Gasteiger partial charge in [-0.1, -0.05) is 18.2 Å². The predicted octanol–water partition coefficient (Wildman–Crippen LogP) is 2.35. The number of hydrogen-bond acceptors (Lipinski definition) is 3. The standard InChI is InChI=1S/C13H16N2O2/c1-3-4-5-6-13(16)15-10-7-8-12(17-2)11(14)9-10/h3-9H,14H2,1-2H3,(H,15,16)/b4-3+,6-5+. The van der Waals surface area contributed by atoms with Crippen molar-refractivity contribution in [2.45, 2.75) is 6.92 Å². The van der Waals surface area contributed by atoms with Gasteiger partial charge in [-0.05, 0) is 25.1 Å². The minimum atomic E-state index is -0.201. The number of benzene rings is 1. The lowest BCUT2D eigenvalue weighted by molar-refractivity contribution is -0.111. The number of anilines is 2. The Kier molecular flexibility index (Phi) is 4.81. The fourth-order valence-corrected chi connectivity index (χ4v) is 1.25. The Morgan fingerprint density at radius 3 is 2.76 bits per heavy atom. The van der Waals surface area contributed by atoms with Gasteiger partial charge in [0, 0.05) is 11.8 Å². The number of amides is 1. The molecule has 90 valence electrons. The summed E-state index contributed by atoms with van der Waals surface area (Å²) in [7, 11) is 1.55. The highest BCUT2D eigenvalue weighted by molar-refractivity contribution is 5.99. The fourth-order valence-electron chi connectivity index (χ4n) is 1.25. The minimum Gasteiger partial charge on any atom is -0.495 e. The number of nitrogen functional groups attached to an aromatic ring is 1. The van der Waals surface area contributed by atoms with E-state index in [2.05, 4.69) is 5.32 Å². The number of rotatable bonds is 4. The number of nitrogens with one attached hydrogen (secondary N) is 1. The van der Waals surface area contributed by atoms with Crippen molar-refractivity contribution < 1.29 is 9.53 Å². The number of allylic oxidation sites excluding steroid dienone is 3. The van der Waals surface area contributed by atoms with Gasteiger partial charge in [0.2, 0.25) is 5.91 Å². The monoisotopic (exact) mass is 232 g/mol. The zero-order chi connectivity index (χ0) is 12.7. The summed E-state index contributed by atoms with van der Waals surface area (Å²) in [6.45, 7) is 1.88. The van der Waals surface area contributed by atoms with Crippen LogP contribution < -0.4 is 15.8 Å². The molecule has 0 spiro atoms. The van der Waals surface area contributed by atoms with Gasteiger partial charge in [0.15, 0.2) is 0 Å². The minimum absolute atomic E-state index is 0.201. The molecular weight excluding hydrogens is 216 g/mol. The molecule has 0 saturated heterocycles. The second-order valence-corrected chi connectivity index (χ2v) is 3.33. The maximum absolute atomic E-state index is 11.4. The van der Waals surface area contributed by atoms with Crippen molar-refractivity contribution in [1.82, 2.24) is 0 Å². The number of carbonyl (C=O) groups excluding carboxylic acids is 1. The predicted molar refractivity (Wildman–Crippen MR) is 70.0 cm³/mol. The summed E-state index contributed by atoms with van der Waals surface area (Å²) < 4.78 is 5.02. The highest BCUT2D eigenvalue weighted by Gasteiger charge is 2.02. The average molecular weight is 232 g/mol. The van der Waals surface area contributed by atoms with E-state index in [-0.39, 0.29) is 5.91 Å². The molecule has 0 fully saturated rings. The van der Waals surface area contributed by atoms with E-state index in [1.165, 1.54) is 6.08 Å². The SMILES string of the molecule is C/C=C/C=C/C(=O)Nc1ccc(OC)c(N)c1. The van der Waals surface area contributed by atoms with Crippen LogP contribution in [0, 0.1) is 0 Å². The van der Waals surface area contributed by atoms with Crippen molar-refractivity contribution in [3.05, 3.63) is 42.5 Å². The van der Waals surface area contributed by atoms with Crippen molar-refractivity contribution in [3.63, 3.8) is 0 Å². The molecule has 1 aromatic rings. The van der Waals surface area contributed by atoms with Crippen molar-refractivity contribution in [3.8, 4) is 5.75 Å². The Balaban J connectivity index is 2.69. The molecule has 4 nitrogen and oxygen atoms in total. The van der Waals surface area contributed by atoms with Crippen LogP contribution in [-0.4, -0.2) is 13.0 Å². The van der Waals surface area contributed by atoms with E-state index < -0.39 is 0 Å². The van der Waals surface area contributed by atoms with Gasteiger partial charge in [-0.25, -0.2) is 0 Å². The summed E-state index contributed by atoms with van der Waals surface area (Å²) in [4.78, 5) is 11.4. The van der Waals surface area contributed by atoms with E-state index >= 15 is 0 Å². The number of carbonyl (C=O) groups is 1.